The Bertz CT molecular complexity index is 1060. The molecule has 9 nitrogen and oxygen atoms in total. The summed E-state index contributed by atoms with van der Waals surface area (Å²) in [5.74, 6) is 0.227. The summed E-state index contributed by atoms with van der Waals surface area (Å²) in [7, 11) is 1.67. The molecule has 11 heteroatoms. The predicted octanol–water partition coefficient (Wildman–Crippen LogP) is 4.83. The number of aryl methyl sites for hydroxylation is 2. The Morgan fingerprint density at radius 2 is 1.22 bits per heavy atom. The van der Waals surface area contributed by atoms with Gasteiger partial charge < -0.3 is 31.5 Å². The number of hydrogen-bond acceptors (Lipinski definition) is 4. The first kappa shape index (κ1) is 35.1. The SMILES string of the molecule is CCCC(=O)N1CCC(NC(=O)Nc2ccc(C)cc2)CC1.Cc1ccc(NC(=O)NC2CCNCC2)cc1.[3H]P.[U]. The number of piperidine rings is 2. The monoisotopic (exact) mass is 810 g/mol. The molecule has 224 valence electrons. The van der Waals surface area contributed by atoms with Gasteiger partial charge in [0.25, 0.3) is 0 Å². The zero-order valence-electron chi connectivity index (χ0n) is 25.6. The van der Waals surface area contributed by atoms with Crippen LogP contribution in [-0.2, 0) is 4.79 Å². The summed E-state index contributed by atoms with van der Waals surface area (Å²) in [6, 6.07) is 15.7. The van der Waals surface area contributed by atoms with Gasteiger partial charge in [0.2, 0.25) is 5.91 Å². The maximum absolute atomic E-state index is 12.0. The molecule has 0 saturated carbocycles. The van der Waals surface area contributed by atoms with Crippen LogP contribution >= 0.6 is 9.84 Å². The van der Waals surface area contributed by atoms with Crippen LogP contribution in [0.25, 0.3) is 0 Å². The van der Waals surface area contributed by atoms with Gasteiger partial charge in [0, 0.05) is 74.1 Å². The number of nitrogens with one attached hydrogen (secondary N) is 5. The molecule has 0 spiro atoms. The predicted molar refractivity (Wildman–Crippen MR) is 168 cm³/mol. The van der Waals surface area contributed by atoms with Crippen molar-refractivity contribution in [1.82, 2.24) is 20.9 Å². The molecule has 2 aliphatic rings. The summed E-state index contributed by atoms with van der Waals surface area (Å²) >= 11 is 0. The zero-order valence-corrected chi connectivity index (χ0v) is 29.9. The minimum atomic E-state index is -0.179. The molecule has 0 aliphatic carbocycles. The molecular formula is C30H47N6O3PU. The average molecular weight is 811 g/mol. The van der Waals surface area contributed by atoms with Crippen LogP contribution in [-0.4, -0.2) is 62.4 Å². The van der Waals surface area contributed by atoms with Crippen molar-refractivity contribution in [3.8, 4) is 0 Å². The van der Waals surface area contributed by atoms with Gasteiger partial charge in [0.1, 0.15) is 0 Å². The molecule has 2 fully saturated rings. The number of urea groups is 2. The first-order valence-electron chi connectivity index (χ1n) is 14.7. The number of nitrogens with zero attached hydrogens (tertiary/aromatic N) is 1. The van der Waals surface area contributed by atoms with Crippen molar-refractivity contribution in [3.63, 3.8) is 0 Å². The fraction of sp³-hybridized carbons (Fsp3) is 0.500. The molecule has 2 aliphatic heterocycles. The molecule has 2 aromatic carbocycles. The van der Waals surface area contributed by atoms with E-state index in [1.807, 2.05) is 74.2 Å². The molecule has 41 heavy (non-hydrogen) atoms. The third-order valence-corrected chi connectivity index (χ3v) is 6.94. The van der Waals surface area contributed by atoms with Crippen molar-refractivity contribution < 1.29 is 45.5 Å². The topological polar surface area (TPSA) is 115 Å². The van der Waals surface area contributed by atoms with E-state index in [2.05, 4.69) is 26.6 Å². The van der Waals surface area contributed by atoms with Crippen molar-refractivity contribution in [2.24, 2.45) is 0 Å². The van der Waals surface area contributed by atoms with E-state index < -0.39 is 0 Å². The molecule has 2 saturated heterocycles. The molecule has 0 bridgehead atoms. The fourth-order valence-corrected chi connectivity index (χ4v) is 4.59. The average Bonchev–Trinajstić information content (AvgIpc) is 2.98. The molecule has 1 unspecified atom stereocenters. The minimum Gasteiger partial charge on any atom is -0.343 e. The first-order valence-corrected chi connectivity index (χ1v) is 14.1. The third-order valence-electron chi connectivity index (χ3n) is 6.94. The van der Waals surface area contributed by atoms with Crippen LogP contribution in [0.1, 0.15) is 56.6 Å². The van der Waals surface area contributed by atoms with Crippen LogP contribution in [0.2, 0.25) is 0 Å². The van der Waals surface area contributed by atoms with Crippen molar-refractivity contribution in [1.29, 1.82) is 1.28 Å². The molecule has 5 N–H and O–H groups in total. The summed E-state index contributed by atoms with van der Waals surface area (Å²) in [6.45, 7) is 9.48. The quantitative estimate of drug-likeness (QED) is 0.269. The standard InChI is InChI=1S/C17H25N3O2.C13H19N3O.H3P.U/c1-3-4-16(21)20-11-9-15(10-12-20)19-17(22)18-14-7-5-13(2)6-8-14;1-10-2-4-11(5-3-10)15-13(17)16-12-6-8-14-9-7-12;;/h5-8,15H,3-4,9-12H2,1-2H3,(H2,18,19,22);2-5,12,14H,6-9H2,1H3,(H2,15,16,17);1H3;/i;;1T;. The maximum atomic E-state index is 12.0. The third kappa shape index (κ3) is 14.1. The second-order valence-electron chi connectivity index (χ2n) is 10.4. The summed E-state index contributed by atoms with van der Waals surface area (Å²) in [5.41, 5.74) is 3.98. The Balaban J connectivity index is 0.000000398. The summed E-state index contributed by atoms with van der Waals surface area (Å²) in [5, 5.41) is 14.9. The molecule has 0 radical (unpaired) electrons. The normalized spacial score (nSPS) is 15.3. The van der Waals surface area contributed by atoms with Gasteiger partial charge in [-0.1, -0.05) is 42.3 Å². The van der Waals surface area contributed by atoms with Crippen LogP contribution < -0.4 is 26.6 Å². The van der Waals surface area contributed by atoms with Crippen LogP contribution in [0.15, 0.2) is 48.5 Å². The summed E-state index contributed by atoms with van der Waals surface area (Å²) in [6.07, 6.45) is 5.14. The number of likely N-dealkylation sites (tertiary alicyclic amines) is 1. The first-order chi connectivity index (χ1) is 19.8. The van der Waals surface area contributed by atoms with Gasteiger partial charge in [-0.25, -0.2) is 9.59 Å². The Labute approximate surface area is 273 Å². The molecule has 0 aromatic heterocycles. The van der Waals surface area contributed by atoms with Gasteiger partial charge in [-0.15, -0.1) is 0 Å². The Morgan fingerprint density at radius 1 is 0.805 bits per heavy atom. The van der Waals surface area contributed by atoms with Gasteiger partial charge >= 0.3 is 12.1 Å². The van der Waals surface area contributed by atoms with E-state index in [4.69, 9.17) is 1.28 Å². The maximum Gasteiger partial charge on any atom is 0.319 e. The van der Waals surface area contributed by atoms with E-state index in [0.717, 1.165) is 75.2 Å². The van der Waals surface area contributed by atoms with Crippen LogP contribution in [0.4, 0.5) is 21.0 Å². The molecular weight excluding hydrogens is 761 g/mol. The molecule has 2 aromatic rings. The van der Waals surface area contributed by atoms with Gasteiger partial charge in [-0.2, -0.15) is 9.84 Å². The Morgan fingerprint density at radius 3 is 1.63 bits per heavy atom. The van der Waals surface area contributed by atoms with E-state index in [-0.39, 0.29) is 55.1 Å². The number of carbonyl (C=O) groups excluding carboxylic acids is 3. The number of carbonyl (C=O) groups is 3. The molecule has 2 heterocycles. The second kappa shape index (κ2) is 19.9. The van der Waals surface area contributed by atoms with Gasteiger partial charge in [0.05, 0.1) is 1.28 Å². The summed E-state index contributed by atoms with van der Waals surface area (Å²) < 4.78 is 5.67. The number of benzene rings is 2. The summed E-state index contributed by atoms with van der Waals surface area (Å²) in [4.78, 5) is 37.4. The largest absolute Gasteiger partial charge is 0.343 e. The van der Waals surface area contributed by atoms with E-state index in [1.165, 1.54) is 5.56 Å². The molecule has 1 atom stereocenters. The Hall–Kier alpha value is -2.11. The van der Waals surface area contributed by atoms with Crippen LogP contribution in [0, 0.1) is 45.0 Å². The molecule has 4 rings (SSSR count). The van der Waals surface area contributed by atoms with Gasteiger partial charge in [-0.05, 0) is 83.3 Å². The van der Waals surface area contributed by atoms with Crippen molar-refractivity contribution in [2.45, 2.75) is 71.4 Å². The molecule has 5 amide bonds. The van der Waals surface area contributed by atoms with Crippen molar-refractivity contribution in [3.05, 3.63) is 59.7 Å². The van der Waals surface area contributed by atoms with Crippen LogP contribution in [0.5, 0.6) is 0 Å². The van der Waals surface area contributed by atoms with Crippen molar-refractivity contribution in [2.75, 3.05) is 36.8 Å². The van der Waals surface area contributed by atoms with Gasteiger partial charge in [0.15, 0.2) is 0 Å². The number of amides is 5. The van der Waals surface area contributed by atoms with E-state index in [9.17, 15) is 14.4 Å². The Kier molecular flexibility index (Phi) is 17.0. The van der Waals surface area contributed by atoms with E-state index in [0.29, 0.717) is 12.5 Å². The second-order valence-corrected chi connectivity index (χ2v) is 10.4. The number of anilines is 2. The van der Waals surface area contributed by atoms with Crippen LogP contribution in [0.3, 0.4) is 0 Å². The van der Waals surface area contributed by atoms with Gasteiger partial charge in [-0.3, -0.25) is 4.79 Å². The van der Waals surface area contributed by atoms with Crippen molar-refractivity contribution >= 4 is 39.2 Å². The zero-order chi connectivity index (χ0) is 30.0. The van der Waals surface area contributed by atoms with E-state index >= 15 is 0 Å². The van der Waals surface area contributed by atoms with E-state index in [1.54, 1.807) is 9.84 Å². The number of rotatable bonds is 6. The smallest absolute Gasteiger partial charge is 0.319 e. The number of hydrogen-bond donors (Lipinski definition) is 5. The fourth-order valence-electron chi connectivity index (χ4n) is 4.59. The minimum absolute atomic E-state index is 0.